The van der Waals surface area contributed by atoms with Crippen molar-refractivity contribution in [3.05, 3.63) is 11.6 Å². The quantitative estimate of drug-likeness (QED) is 0.330. The molecule has 0 radical (unpaired) electrons. The first-order chi connectivity index (χ1) is 16.1. The third-order valence-electron chi connectivity index (χ3n) is 10.8. The Morgan fingerprint density at radius 3 is 2.65 bits per heavy atom. The Morgan fingerprint density at radius 1 is 1.09 bits per heavy atom. The van der Waals surface area contributed by atoms with Gasteiger partial charge in [-0.2, -0.15) is 8.42 Å². The van der Waals surface area contributed by atoms with E-state index in [0.717, 1.165) is 43.6 Å². The van der Waals surface area contributed by atoms with Crippen molar-refractivity contribution in [1.29, 1.82) is 0 Å². The first-order valence-corrected chi connectivity index (χ1v) is 15.7. The molecule has 0 aromatic heterocycles. The van der Waals surface area contributed by atoms with E-state index in [1.54, 1.807) is 5.57 Å². The summed E-state index contributed by atoms with van der Waals surface area (Å²) in [6.45, 7) is 8.45. The van der Waals surface area contributed by atoms with Gasteiger partial charge in [0.15, 0.2) is 6.29 Å². The largest absolute Gasteiger partial charge is 0.353 e. The lowest BCUT2D eigenvalue weighted by molar-refractivity contribution is -0.195. The zero-order valence-electron chi connectivity index (χ0n) is 21.8. The van der Waals surface area contributed by atoms with Gasteiger partial charge in [-0.1, -0.05) is 32.4 Å². The van der Waals surface area contributed by atoms with Gasteiger partial charge < -0.3 is 9.47 Å². The van der Waals surface area contributed by atoms with Gasteiger partial charge in [0.25, 0.3) is 10.1 Å². The van der Waals surface area contributed by atoms with Gasteiger partial charge in [-0.3, -0.25) is 4.18 Å². The molecule has 0 bridgehead atoms. The molecule has 4 aliphatic carbocycles. The minimum absolute atomic E-state index is 0.0134. The third-order valence-corrected chi connectivity index (χ3v) is 11.4. The summed E-state index contributed by atoms with van der Waals surface area (Å²) >= 11 is 0. The number of fused-ring (bicyclic) bond motifs is 5. The molecular formula is C28H46O5S. The van der Waals surface area contributed by atoms with Crippen molar-refractivity contribution < 1.29 is 22.1 Å². The first kappa shape index (κ1) is 25.2. The van der Waals surface area contributed by atoms with Gasteiger partial charge in [-0.15, -0.1) is 0 Å². The average molecular weight is 495 g/mol. The predicted molar refractivity (Wildman–Crippen MR) is 134 cm³/mol. The number of hydrogen-bond donors (Lipinski definition) is 0. The highest BCUT2D eigenvalue weighted by molar-refractivity contribution is 7.85. The maximum atomic E-state index is 11.6. The summed E-state index contributed by atoms with van der Waals surface area (Å²) in [6.07, 6.45) is 17.3. The van der Waals surface area contributed by atoms with Crippen LogP contribution in [0.15, 0.2) is 11.6 Å². The van der Waals surface area contributed by atoms with Gasteiger partial charge in [0.2, 0.25) is 0 Å². The summed E-state index contributed by atoms with van der Waals surface area (Å²) in [6, 6.07) is 0. The van der Waals surface area contributed by atoms with Crippen LogP contribution in [0.1, 0.15) is 91.4 Å². The molecule has 0 N–H and O–H groups in total. The Morgan fingerprint density at radius 2 is 1.91 bits per heavy atom. The fourth-order valence-corrected chi connectivity index (χ4v) is 9.56. The maximum absolute atomic E-state index is 11.6. The smallest absolute Gasteiger partial charge is 0.264 e. The van der Waals surface area contributed by atoms with Crippen LogP contribution >= 0.6 is 0 Å². The van der Waals surface area contributed by atoms with Gasteiger partial charge >= 0.3 is 0 Å². The highest BCUT2D eigenvalue weighted by Crippen LogP contribution is 2.67. The molecule has 1 saturated heterocycles. The molecule has 34 heavy (non-hydrogen) atoms. The van der Waals surface area contributed by atoms with Crippen molar-refractivity contribution in [2.75, 3.05) is 19.5 Å². The Balaban J connectivity index is 1.27. The number of ether oxygens (including phenoxy) is 2. The summed E-state index contributed by atoms with van der Waals surface area (Å²) in [5.74, 6) is 3.12. The second-order valence-corrected chi connectivity index (χ2v) is 14.4. The molecule has 0 spiro atoms. The molecule has 0 aromatic carbocycles. The standard InChI is InChI=1S/C28H46O5S/c1-19(18-32-34(4,29)30)23-10-11-24-22-9-8-20-17-21(33-26-7-5-6-16-31-26)12-14-27(20,2)25(22)13-15-28(23,24)3/h8,19,21-26H,5-7,9-18H2,1-4H3/t19-,21+,22+,23-,24+,25+,26?,27+,28-/m1/s1. The summed E-state index contributed by atoms with van der Waals surface area (Å²) in [7, 11) is -3.38. The lowest BCUT2D eigenvalue weighted by atomic mass is 9.47. The van der Waals surface area contributed by atoms with Gasteiger partial charge in [0.1, 0.15) is 0 Å². The normalized spacial score (nSPS) is 45.6. The van der Waals surface area contributed by atoms with Crippen LogP contribution in [0.4, 0.5) is 0 Å². The van der Waals surface area contributed by atoms with Crippen LogP contribution in [-0.4, -0.2) is 40.3 Å². The molecule has 3 saturated carbocycles. The van der Waals surface area contributed by atoms with E-state index < -0.39 is 10.1 Å². The zero-order valence-corrected chi connectivity index (χ0v) is 22.6. The molecule has 4 fully saturated rings. The predicted octanol–water partition coefficient (Wildman–Crippen LogP) is 6.09. The minimum Gasteiger partial charge on any atom is -0.353 e. The van der Waals surface area contributed by atoms with E-state index in [0.29, 0.717) is 29.5 Å². The van der Waals surface area contributed by atoms with E-state index in [1.807, 2.05) is 0 Å². The molecular weight excluding hydrogens is 448 g/mol. The van der Waals surface area contributed by atoms with E-state index in [-0.39, 0.29) is 12.2 Å². The molecule has 194 valence electrons. The molecule has 1 unspecified atom stereocenters. The van der Waals surface area contributed by atoms with Gasteiger partial charge in [0, 0.05) is 6.61 Å². The van der Waals surface area contributed by atoms with E-state index in [9.17, 15) is 8.42 Å². The van der Waals surface area contributed by atoms with Gasteiger partial charge in [-0.05, 0) is 111 Å². The van der Waals surface area contributed by atoms with E-state index in [1.165, 1.54) is 57.6 Å². The van der Waals surface area contributed by atoms with E-state index in [4.69, 9.17) is 13.7 Å². The van der Waals surface area contributed by atoms with E-state index in [2.05, 4.69) is 26.8 Å². The van der Waals surface area contributed by atoms with Crippen LogP contribution in [0.3, 0.4) is 0 Å². The van der Waals surface area contributed by atoms with Crippen LogP contribution in [-0.2, 0) is 23.8 Å². The lowest BCUT2D eigenvalue weighted by Gasteiger charge is -2.58. The SMILES string of the molecule is C[C@H](COS(C)(=O)=O)[C@H]1CC[C@H]2[C@@H]3CC=C4C[C@@H](OC5CCCCO5)CC[C@]4(C)[C@H]3CC[C@]12C. The molecule has 0 amide bonds. The number of rotatable bonds is 6. The second-order valence-electron chi connectivity index (χ2n) is 12.8. The maximum Gasteiger partial charge on any atom is 0.264 e. The molecule has 5 nitrogen and oxygen atoms in total. The van der Waals surface area contributed by atoms with E-state index >= 15 is 0 Å². The molecule has 6 heteroatoms. The molecule has 5 rings (SSSR count). The fraction of sp³-hybridized carbons (Fsp3) is 0.929. The second kappa shape index (κ2) is 9.46. The Labute approximate surface area is 207 Å². The van der Waals surface area contributed by atoms with Crippen molar-refractivity contribution in [2.45, 2.75) is 104 Å². The van der Waals surface area contributed by atoms with Gasteiger partial charge in [-0.25, -0.2) is 0 Å². The highest BCUT2D eigenvalue weighted by Gasteiger charge is 2.59. The highest BCUT2D eigenvalue weighted by atomic mass is 32.2. The average Bonchev–Trinajstić information content (AvgIpc) is 3.15. The number of allylic oxidation sites excluding steroid dienone is 1. The summed E-state index contributed by atoms with van der Waals surface area (Å²) in [4.78, 5) is 0. The lowest BCUT2D eigenvalue weighted by Crippen LogP contribution is -2.51. The molecule has 1 heterocycles. The Bertz CT molecular complexity index is 877. The number of hydrogen-bond acceptors (Lipinski definition) is 5. The molecule has 9 atom stereocenters. The van der Waals surface area contributed by atoms with Crippen LogP contribution in [0.5, 0.6) is 0 Å². The van der Waals surface area contributed by atoms with Crippen LogP contribution in [0, 0.1) is 40.4 Å². The topological polar surface area (TPSA) is 61.8 Å². The third kappa shape index (κ3) is 4.66. The van der Waals surface area contributed by atoms with Crippen molar-refractivity contribution in [3.63, 3.8) is 0 Å². The van der Waals surface area contributed by atoms with Crippen molar-refractivity contribution in [2.24, 2.45) is 40.4 Å². The summed E-state index contributed by atoms with van der Waals surface area (Å²) in [5, 5.41) is 0. The fourth-order valence-electron chi connectivity index (χ4n) is 9.10. The van der Waals surface area contributed by atoms with Crippen LogP contribution < -0.4 is 0 Å². The zero-order chi connectivity index (χ0) is 24.1. The Hall–Kier alpha value is -0.430. The van der Waals surface area contributed by atoms with Crippen molar-refractivity contribution in [1.82, 2.24) is 0 Å². The molecule has 1 aliphatic heterocycles. The minimum atomic E-state index is -3.38. The summed E-state index contributed by atoms with van der Waals surface area (Å²) in [5.41, 5.74) is 2.29. The van der Waals surface area contributed by atoms with Crippen molar-refractivity contribution >= 4 is 10.1 Å². The first-order valence-electron chi connectivity index (χ1n) is 13.9. The van der Waals surface area contributed by atoms with Crippen molar-refractivity contribution in [3.8, 4) is 0 Å². The Kier molecular flexibility index (Phi) is 7.02. The van der Waals surface area contributed by atoms with Gasteiger partial charge in [0.05, 0.1) is 19.0 Å². The molecule has 5 aliphatic rings. The van der Waals surface area contributed by atoms with Crippen LogP contribution in [0.25, 0.3) is 0 Å². The summed E-state index contributed by atoms with van der Waals surface area (Å²) < 4.78 is 40.6. The molecule has 0 aromatic rings. The van der Waals surface area contributed by atoms with Crippen LogP contribution in [0.2, 0.25) is 0 Å². The monoisotopic (exact) mass is 494 g/mol.